The smallest absolute Gasteiger partial charge is 0.272 e. The van der Waals surface area contributed by atoms with Crippen LogP contribution in [0.5, 0.6) is 11.5 Å². The van der Waals surface area contributed by atoms with E-state index in [1.54, 1.807) is 42.7 Å². The number of nitriles is 1. The summed E-state index contributed by atoms with van der Waals surface area (Å²) in [4.78, 5) is 16.2. The van der Waals surface area contributed by atoms with Gasteiger partial charge >= 0.3 is 0 Å². The maximum Gasteiger partial charge on any atom is 0.272 e. The lowest BCUT2D eigenvalue weighted by Gasteiger charge is -2.09. The Balaban J connectivity index is 1.73. The zero-order chi connectivity index (χ0) is 19.5. The Morgan fingerprint density at radius 2 is 1.93 bits per heavy atom. The van der Waals surface area contributed by atoms with E-state index in [0.717, 1.165) is 11.1 Å². The number of aromatic nitrogens is 3. The Hall–Kier alpha value is -4.02. The standard InChI is InChI=1S/C21H15N5O2/c22-9-13-2-1-3-16(6-13)28-17-7-15(11-24-12-17)14-4-5-18-19(8-14)20(10-23)25-26-21(18)27/h1-8,11-12H,10,23H2,(H,26,27). The number of hydrogen-bond donors (Lipinski definition) is 2. The average molecular weight is 369 g/mol. The first-order valence-electron chi connectivity index (χ1n) is 8.53. The van der Waals surface area contributed by atoms with Crippen LogP contribution in [0.15, 0.2) is 65.7 Å². The fourth-order valence-electron chi connectivity index (χ4n) is 2.95. The van der Waals surface area contributed by atoms with Gasteiger partial charge in [-0.2, -0.15) is 10.4 Å². The van der Waals surface area contributed by atoms with Gasteiger partial charge in [-0.15, -0.1) is 0 Å². The summed E-state index contributed by atoms with van der Waals surface area (Å²) in [6.07, 6.45) is 3.31. The van der Waals surface area contributed by atoms with Crippen molar-refractivity contribution in [3.05, 3.63) is 82.5 Å². The summed E-state index contributed by atoms with van der Waals surface area (Å²) in [5, 5.41) is 16.7. The number of pyridine rings is 1. The third-order valence-electron chi connectivity index (χ3n) is 4.31. The van der Waals surface area contributed by atoms with Gasteiger partial charge in [-0.3, -0.25) is 9.78 Å². The van der Waals surface area contributed by atoms with Crippen molar-refractivity contribution in [3.8, 4) is 28.7 Å². The number of nitrogens with two attached hydrogens (primary N) is 1. The Kier molecular flexibility index (Phi) is 4.54. The summed E-state index contributed by atoms with van der Waals surface area (Å²) in [5.41, 5.74) is 8.30. The van der Waals surface area contributed by atoms with Crippen LogP contribution in [0.3, 0.4) is 0 Å². The first kappa shape index (κ1) is 17.4. The van der Waals surface area contributed by atoms with Crippen LogP contribution < -0.4 is 16.0 Å². The third-order valence-corrected chi connectivity index (χ3v) is 4.31. The van der Waals surface area contributed by atoms with Crippen LogP contribution in [0.4, 0.5) is 0 Å². The van der Waals surface area contributed by atoms with E-state index in [4.69, 9.17) is 15.7 Å². The molecule has 0 radical (unpaired) electrons. The van der Waals surface area contributed by atoms with Gasteiger partial charge in [-0.25, -0.2) is 5.10 Å². The molecule has 2 aromatic carbocycles. The fraction of sp³-hybridized carbons (Fsp3) is 0.0476. The van der Waals surface area contributed by atoms with E-state index in [-0.39, 0.29) is 12.1 Å². The van der Waals surface area contributed by atoms with E-state index < -0.39 is 0 Å². The predicted octanol–water partition coefficient (Wildman–Crippen LogP) is 3.11. The van der Waals surface area contributed by atoms with Crippen LogP contribution in [-0.4, -0.2) is 15.2 Å². The highest BCUT2D eigenvalue weighted by Gasteiger charge is 2.09. The van der Waals surface area contributed by atoms with E-state index >= 15 is 0 Å². The number of fused-ring (bicyclic) bond motifs is 1. The van der Waals surface area contributed by atoms with Crippen LogP contribution in [0.2, 0.25) is 0 Å². The number of aromatic amines is 1. The zero-order valence-electron chi connectivity index (χ0n) is 14.7. The quantitative estimate of drug-likeness (QED) is 0.571. The maximum atomic E-state index is 12.0. The molecule has 0 atom stereocenters. The van der Waals surface area contributed by atoms with Gasteiger partial charge in [0.2, 0.25) is 0 Å². The second-order valence-electron chi connectivity index (χ2n) is 6.11. The van der Waals surface area contributed by atoms with Crippen LogP contribution in [0, 0.1) is 11.3 Å². The second kappa shape index (κ2) is 7.31. The Labute approximate surface area is 160 Å². The van der Waals surface area contributed by atoms with Crippen molar-refractivity contribution in [3.63, 3.8) is 0 Å². The molecule has 0 saturated heterocycles. The van der Waals surface area contributed by atoms with Crippen molar-refractivity contribution in [2.75, 3.05) is 0 Å². The number of nitrogens with one attached hydrogen (secondary N) is 1. The number of ether oxygens (including phenoxy) is 1. The zero-order valence-corrected chi connectivity index (χ0v) is 14.7. The van der Waals surface area contributed by atoms with Gasteiger partial charge < -0.3 is 10.5 Å². The van der Waals surface area contributed by atoms with E-state index in [1.807, 2.05) is 18.2 Å². The van der Waals surface area contributed by atoms with Crippen LogP contribution in [-0.2, 0) is 6.54 Å². The van der Waals surface area contributed by atoms with Crippen molar-refractivity contribution in [1.29, 1.82) is 5.26 Å². The normalized spacial score (nSPS) is 10.6. The largest absolute Gasteiger partial charge is 0.456 e. The number of H-pyrrole nitrogens is 1. The van der Waals surface area contributed by atoms with E-state index in [1.165, 1.54) is 0 Å². The van der Waals surface area contributed by atoms with Crippen LogP contribution in [0.25, 0.3) is 21.9 Å². The maximum absolute atomic E-state index is 12.0. The molecule has 0 aliphatic carbocycles. The topological polar surface area (TPSA) is 118 Å². The van der Waals surface area contributed by atoms with Gasteiger partial charge in [0.05, 0.1) is 28.9 Å². The lowest BCUT2D eigenvalue weighted by molar-refractivity contribution is 0.480. The molecule has 136 valence electrons. The summed E-state index contributed by atoms with van der Waals surface area (Å²) >= 11 is 0. The van der Waals surface area contributed by atoms with Crippen molar-refractivity contribution in [2.24, 2.45) is 5.73 Å². The summed E-state index contributed by atoms with van der Waals surface area (Å²) < 4.78 is 5.83. The molecular weight excluding hydrogens is 354 g/mol. The number of benzene rings is 2. The van der Waals surface area contributed by atoms with Crippen molar-refractivity contribution in [1.82, 2.24) is 15.2 Å². The molecular formula is C21H15N5O2. The molecule has 0 fully saturated rings. The molecule has 0 saturated carbocycles. The average Bonchev–Trinajstić information content (AvgIpc) is 2.74. The van der Waals surface area contributed by atoms with E-state index in [2.05, 4.69) is 21.3 Å². The first-order chi connectivity index (χ1) is 13.7. The first-order valence-corrected chi connectivity index (χ1v) is 8.53. The minimum Gasteiger partial charge on any atom is -0.456 e. The van der Waals surface area contributed by atoms with Gasteiger partial charge in [-0.1, -0.05) is 12.1 Å². The highest BCUT2D eigenvalue weighted by molar-refractivity contribution is 5.88. The van der Waals surface area contributed by atoms with Crippen molar-refractivity contribution in [2.45, 2.75) is 6.54 Å². The molecule has 0 bridgehead atoms. The van der Waals surface area contributed by atoms with Crippen molar-refractivity contribution >= 4 is 10.8 Å². The summed E-state index contributed by atoms with van der Waals surface area (Å²) in [5.74, 6) is 1.09. The molecule has 2 aromatic heterocycles. The molecule has 4 rings (SSSR count). The van der Waals surface area contributed by atoms with Crippen LogP contribution >= 0.6 is 0 Å². The number of hydrogen-bond acceptors (Lipinski definition) is 6. The molecule has 0 unspecified atom stereocenters. The summed E-state index contributed by atoms with van der Waals surface area (Å²) in [6, 6.07) is 16.3. The van der Waals surface area contributed by atoms with Crippen molar-refractivity contribution < 1.29 is 4.74 Å². The van der Waals surface area contributed by atoms with E-state index in [9.17, 15) is 4.79 Å². The van der Waals surface area contributed by atoms with Gasteiger partial charge in [0, 0.05) is 23.7 Å². The summed E-state index contributed by atoms with van der Waals surface area (Å²) in [7, 11) is 0. The Morgan fingerprint density at radius 3 is 2.75 bits per heavy atom. The van der Waals surface area contributed by atoms with Gasteiger partial charge in [0.15, 0.2) is 0 Å². The predicted molar refractivity (Wildman–Crippen MR) is 105 cm³/mol. The SMILES string of the molecule is N#Cc1cccc(Oc2cncc(-c3ccc4c(=O)[nH]nc(CN)c4c3)c2)c1. The molecule has 0 spiro atoms. The van der Waals surface area contributed by atoms with Gasteiger partial charge in [-0.05, 0) is 42.0 Å². The fourth-order valence-corrected chi connectivity index (χ4v) is 2.95. The molecule has 4 aromatic rings. The van der Waals surface area contributed by atoms with Gasteiger partial charge in [0.25, 0.3) is 5.56 Å². The summed E-state index contributed by atoms with van der Waals surface area (Å²) in [6.45, 7) is 0.216. The Bertz CT molecular complexity index is 1270. The molecule has 3 N–H and O–H groups in total. The molecule has 0 aliphatic heterocycles. The number of rotatable bonds is 4. The molecule has 7 nitrogen and oxygen atoms in total. The Morgan fingerprint density at radius 1 is 1.04 bits per heavy atom. The minimum absolute atomic E-state index is 0.216. The molecule has 2 heterocycles. The molecule has 7 heteroatoms. The van der Waals surface area contributed by atoms with Crippen LogP contribution in [0.1, 0.15) is 11.3 Å². The van der Waals surface area contributed by atoms with E-state index in [0.29, 0.717) is 33.5 Å². The highest BCUT2D eigenvalue weighted by Crippen LogP contribution is 2.28. The molecule has 0 aliphatic rings. The highest BCUT2D eigenvalue weighted by atomic mass is 16.5. The third kappa shape index (κ3) is 3.32. The monoisotopic (exact) mass is 369 g/mol. The minimum atomic E-state index is -0.258. The molecule has 0 amide bonds. The lowest BCUT2D eigenvalue weighted by atomic mass is 10.0. The number of nitrogens with zero attached hydrogens (tertiary/aromatic N) is 3. The lowest BCUT2D eigenvalue weighted by Crippen LogP contribution is -2.13. The second-order valence-corrected chi connectivity index (χ2v) is 6.11. The van der Waals surface area contributed by atoms with Gasteiger partial charge in [0.1, 0.15) is 11.5 Å². The molecule has 28 heavy (non-hydrogen) atoms.